The van der Waals surface area contributed by atoms with Gasteiger partial charge in [0.2, 0.25) is 0 Å². The number of benzene rings is 2. The summed E-state index contributed by atoms with van der Waals surface area (Å²) in [7, 11) is 0. The molecule has 2 aliphatic rings. The summed E-state index contributed by atoms with van der Waals surface area (Å²) in [5, 5.41) is 13.3. The van der Waals surface area contributed by atoms with Crippen molar-refractivity contribution in [3.05, 3.63) is 70.6 Å². The van der Waals surface area contributed by atoms with E-state index in [0.29, 0.717) is 5.56 Å². The molecule has 0 unspecified atom stereocenters. The minimum atomic E-state index is -0.0306. The fourth-order valence-corrected chi connectivity index (χ4v) is 5.62. The van der Waals surface area contributed by atoms with Crippen molar-refractivity contribution >= 4 is 40.4 Å². The Morgan fingerprint density at radius 2 is 1.86 bits per heavy atom. The Bertz CT molecular complexity index is 1110. The van der Waals surface area contributed by atoms with E-state index < -0.39 is 0 Å². The zero-order valence-electron chi connectivity index (χ0n) is 15.7. The van der Waals surface area contributed by atoms with Gasteiger partial charge in [-0.3, -0.25) is 4.79 Å². The van der Waals surface area contributed by atoms with Gasteiger partial charge in [-0.1, -0.05) is 54.1 Å². The second-order valence-corrected chi connectivity index (χ2v) is 9.48. The third kappa shape index (κ3) is 3.70. The fourth-order valence-electron chi connectivity index (χ4n) is 3.86. The van der Waals surface area contributed by atoms with Crippen LogP contribution in [-0.2, 0) is 0 Å². The first-order chi connectivity index (χ1) is 14.2. The third-order valence-electron chi connectivity index (χ3n) is 5.33. The average molecular weight is 421 g/mol. The Kier molecular flexibility index (Phi) is 4.89. The first-order valence-electron chi connectivity index (χ1n) is 9.77. The van der Waals surface area contributed by atoms with Gasteiger partial charge in [0.25, 0.3) is 5.91 Å². The lowest BCUT2D eigenvalue weighted by atomic mass is 10.1. The van der Waals surface area contributed by atoms with E-state index in [9.17, 15) is 9.90 Å². The molecule has 5 rings (SSSR count). The SMILES string of the molecule is O=C(NC1CCCC1)c1ccc2c(c1)N=C(c1ccc(O)s1)c1ccccc1S2. The van der Waals surface area contributed by atoms with Crippen molar-refractivity contribution < 1.29 is 9.90 Å². The Balaban J connectivity index is 1.56. The average Bonchev–Trinajstić information content (AvgIpc) is 3.36. The maximum absolute atomic E-state index is 12.7. The minimum absolute atomic E-state index is 0.0306. The van der Waals surface area contributed by atoms with Crippen molar-refractivity contribution in [1.82, 2.24) is 5.32 Å². The molecule has 1 aliphatic carbocycles. The first-order valence-corrected chi connectivity index (χ1v) is 11.4. The van der Waals surface area contributed by atoms with Gasteiger partial charge in [-0.2, -0.15) is 0 Å². The summed E-state index contributed by atoms with van der Waals surface area (Å²) in [6.07, 6.45) is 4.49. The van der Waals surface area contributed by atoms with E-state index in [1.54, 1.807) is 17.8 Å². The number of nitrogens with one attached hydrogen (secondary N) is 1. The molecule has 0 spiro atoms. The molecule has 2 heterocycles. The number of amides is 1. The molecule has 1 saturated carbocycles. The van der Waals surface area contributed by atoms with Gasteiger partial charge in [-0.05, 0) is 49.2 Å². The van der Waals surface area contributed by atoms with Gasteiger partial charge in [-0.15, -0.1) is 0 Å². The highest BCUT2D eigenvalue weighted by Crippen LogP contribution is 2.42. The number of hydrogen-bond acceptors (Lipinski definition) is 5. The molecule has 1 aliphatic heterocycles. The van der Waals surface area contributed by atoms with Crippen LogP contribution in [0.15, 0.2) is 69.4 Å². The predicted octanol–water partition coefficient (Wildman–Crippen LogP) is 5.76. The van der Waals surface area contributed by atoms with Crippen molar-refractivity contribution in [2.75, 3.05) is 0 Å². The Morgan fingerprint density at radius 1 is 1.03 bits per heavy atom. The number of thiophene rings is 1. The van der Waals surface area contributed by atoms with Crippen molar-refractivity contribution in [3.63, 3.8) is 0 Å². The van der Waals surface area contributed by atoms with Crippen LogP contribution in [0.3, 0.4) is 0 Å². The normalized spacial score (nSPS) is 15.9. The third-order valence-corrected chi connectivity index (χ3v) is 7.37. The van der Waals surface area contributed by atoms with Crippen molar-refractivity contribution in [1.29, 1.82) is 0 Å². The molecule has 2 aromatic carbocycles. The molecule has 0 saturated heterocycles. The molecule has 2 N–H and O–H groups in total. The lowest BCUT2D eigenvalue weighted by Gasteiger charge is -2.12. The maximum atomic E-state index is 12.7. The molecule has 1 amide bonds. The summed E-state index contributed by atoms with van der Waals surface area (Å²) >= 11 is 2.97. The molecular weight excluding hydrogens is 400 g/mol. The molecule has 146 valence electrons. The molecule has 29 heavy (non-hydrogen) atoms. The van der Waals surface area contributed by atoms with Gasteiger partial charge < -0.3 is 10.4 Å². The van der Waals surface area contributed by atoms with Gasteiger partial charge in [0.1, 0.15) is 0 Å². The molecule has 1 aromatic heterocycles. The van der Waals surface area contributed by atoms with Gasteiger partial charge >= 0.3 is 0 Å². The molecule has 3 aromatic rings. The largest absolute Gasteiger partial charge is 0.499 e. The number of carbonyl (C=O) groups is 1. The fraction of sp³-hybridized carbons (Fsp3) is 0.217. The highest BCUT2D eigenvalue weighted by molar-refractivity contribution is 7.99. The van der Waals surface area contributed by atoms with E-state index in [4.69, 9.17) is 4.99 Å². The summed E-state index contributed by atoms with van der Waals surface area (Å²) in [5.41, 5.74) is 3.28. The number of nitrogens with zero attached hydrogens (tertiary/aromatic N) is 1. The summed E-state index contributed by atoms with van der Waals surface area (Å²) in [5.74, 6) is -0.0306. The molecule has 4 nitrogen and oxygen atoms in total. The molecule has 1 fully saturated rings. The van der Waals surface area contributed by atoms with Crippen LogP contribution in [-0.4, -0.2) is 22.8 Å². The van der Waals surface area contributed by atoms with E-state index in [0.717, 1.165) is 44.5 Å². The van der Waals surface area contributed by atoms with Crippen LogP contribution in [0.4, 0.5) is 5.69 Å². The summed E-state index contributed by atoms with van der Waals surface area (Å²) in [6.45, 7) is 0. The van der Waals surface area contributed by atoms with Gasteiger partial charge in [0.15, 0.2) is 5.06 Å². The van der Waals surface area contributed by atoms with Crippen LogP contribution in [0.1, 0.15) is 46.5 Å². The molecule has 0 radical (unpaired) electrons. The van der Waals surface area contributed by atoms with E-state index in [1.807, 2.05) is 36.4 Å². The minimum Gasteiger partial charge on any atom is -0.499 e. The van der Waals surface area contributed by atoms with E-state index in [2.05, 4.69) is 17.4 Å². The summed E-state index contributed by atoms with van der Waals surface area (Å²) in [6, 6.07) is 17.8. The Hall–Kier alpha value is -2.57. The van der Waals surface area contributed by atoms with Crippen molar-refractivity contribution in [2.45, 2.75) is 41.5 Å². The Labute approximate surface area is 177 Å². The van der Waals surface area contributed by atoms with Crippen LogP contribution in [0.25, 0.3) is 0 Å². The quantitative estimate of drug-likeness (QED) is 0.443. The molecular formula is C23H20N2O2S2. The number of aliphatic imine (C=N–C) groups is 1. The van der Waals surface area contributed by atoms with E-state index in [-0.39, 0.29) is 17.0 Å². The second-order valence-electron chi connectivity index (χ2n) is 7.33. The first kappa shape index (κ1) is 18.5. The number of rotatable bonds is 3. The van der Waals surface area contributed by atoms with Crippen LogP contribution >= 0.6 is 23.1 Å². The predicted molar refractivity (Wildman–Crippen MR) is 118 cm³/mol. The van der Waals surface area contributed by atoms with Crippen LogP contribution < -0.4 is 5.32 Å². The lowest BCUT2D eigenvalue weighted by Crippen LogP contribution is -2.32. The van der Waals surface area contributed by atoms with Gasteiger partial charge in [0.05, 0.1) is 16.3 Å². The number of hydrogen-bond donors (Lipinski definition) is 2. The summed E-state index contributed by atoms with van der Waals surface area (Å²) in [4.78, 5) is 20.7. The zero-order chi connectivity index (χ0) is 19.8. The zero-order valence-corrected chi connectivity index (χ0v) is 17.4. The lowest BCUT2D eigenvalue weighted by molar-refractivity contribution is 0.0938. The topological polar surface area (TPSA) is 61.7 Å². The summed E-state index contributed by atoms with van der Waals surface area (Å²) < 4.78 is 0. The van der Waals surface area contributed by atoms with Crippen molar-refractivity contribution in [3.8, 4) is 5.06 Å². The molecule has 0 bridgehead atoms. The van der Waals surface area contributed by atoms with Crippen LogP contribution in [0.2, 0.25) is 0 Å². The molecule has 6 heteroatoms. The highest BCUT2D eigenvalue weighted by atomic mass is 32.2. The molecule has 0 atom stereocenters. The van der Waals surface area contributed by atoms with E-state index >= 15 is 0 Å². The monoisotopic (exact) mass is 420 g/mol. The number of carbonyl (C=O) groups excluding carboxylic acids is 1. The second kappa shape index (κ2) is 7.69. The van der Waals surface area contributed by atoms with E-state index in [1.165, 1.54) is 24.2 Å². The highest BCUT2D eigenvalue weighted by Gasteiger charge is 2.22. The van der Waals surface area contributed by atoms with Gasteiger partial charge in [-0.25, -0.2) is 4.99 Å². The smallest absolute Gasteiger partial charge is 0.251 e. The van der Waals surface area contributed by atoms with Gasteiger partial charge in [0, 0.05) is 27.0 Å². The number of fused-ring (bicyclic) bond motifs is 2. The van der Waals surface area contributed by atoms with Crippen molar-refractivity contribution in [2.24, 2.45) is 4.99 Å². The van der Waals surface area contributed by atoms with Crippen LogP contribution in [0.5, 0.6) is 5.06 Å². The number of aromatic hydroxyl groups is 1. The van der Waals surface area contributed by atoms with Crippen LogP contribution in [0, 0.1) is 0 Å². The Morgan fingerprint density at radius 3 is 2.66 bits per heavy atom. The maximum Gasteiger partial charge on any atom is 0.251 e. The standard InChI is InChI=1S/C23H20N2O2S2/c26-21-12-11-20(29-21)22-16-7-3-4-8-18(16)28-19-10-9-14(13-17(19)25-22)23(27)24-15-5-1-2-6-15/h3-4,7-13,15,26H,1-2,5-6H2,(H,24,27).